The second-order valence-electron chi connectivity index (χ2n) is 5.60. The van der Waals surface area contributed by atoms with E-state index in [1.165, 1.54) is 0 Å². The van der Waals surface area contributed by atoms with E-state index in [2.05, 4.69) is 16.6 Å². The van der Waals surface area contributed by atoms with Crippen molar-refractivity contribution in [3.05, 3.63) is 64.2 Å². The smallest absolute Gasteiger partial charge is 0.251 e. The SMILES string of the molecule is C#Cc1cccc(NC(=O)CNC(=O)C2=Cc3cc(Cl)ccc3OC2)c1. The second-order valence-corrected chi connectivity index (χ2v) is 6.03. The van der Waals surface area contributed by atoms with Crippen molar-refractivity contribution in [1.82, 2.24) is 5.32 Å². The summed E-state index contributed by atoms with van der Waals surface area (Å²) in [6, 6.07) is 12.1. The summed E-state index contributed by atoms with van der Waals surface area (Å²) in [5, 5.41) is 5.81. The van der Waals surface area contributed by atoms with Crippen molar-refractivity contribution in [3.8, 4) is 18.1 Å². The molecule has 2 amide bonds. The molecule has 2 aromatic rings. The zero-order chi connectivity index (χ0) is 18.5. The van der Waals surface area contributed by atoms with E-state index < -0.39 is 0 Å². The lowest BCUT2D eigenvalue weighted by Gasteiger charge is -2.17. The fourth-order valence-electron chi connectivity index (χ4n) is 2.45. The van der Waals surface area contributed by atoms with Crippen molar-refractivity contribution in [2.24, 2.45) is 0 Å². The number of halogens is 1. The number of anilines is 1. The third-order valence-electron chi connectivity index (χ3n) is 3.70. The average molecular weight is 367 g/mol. The summed E-state index contributed by atoms with van der Waals surface area (Å²) in [4.78, 5) is 24.2. The average Bonchev–Trinajstić information content (AvgIpc) is 2.65. The van der Waals surface area contributed by atoms with E-state index in [9.17, 15) is 9.59 Å². The normalized spacial score (nSPS) is 12.1. The molecule has 26 heavy (non-hydrogen) atoms. The number of ether oxygens (including phenoxy) is 1. The maximum atomic E-state index is 12.3. The van der Waals surface area contributed by atoms with E-state index in [1.807, 2.05) is 0 Å². The van der Waals surface area contributed by atoms with Crippen LogP contribution < -0.4 is 15.4 Å². The van der Waals surface area contributed by atoms with E-state index >= 15 is 0 Å². The van der Waals surface area contributed by atoms with Crippen LogP contribution >= 0.6 is 11.6 Å². The highest BCUT2D eigenvalue weighted by molar-refractivity contribution is 6.30. The summed E-state index contributed by atoms with van der Waals surface area (Å²) >= 11 is 5.95. The molecule has 1 heterocycles. The highest BCUT2D eigenvalue weighted by Gasteiger charge is 2.18. The van der Waals surface area contributed by atoms with Gasteiger partial charge in [-0.1, -0.05) is 23.6 Å². The van der Waals surface area contributed by atoms with Gasteiger partial charge < -0.3 is 15.4 Å². The predicted molar refractivity (Wildman–Crippen MR) is 101 cm³/mol. The van der Waals surface area contributed by atoms with E-state index in [-0.39, 0.29) is 25.0 Å². The van der Waals surface area contributed by atoms with Crippen LogP contribution in [0.25, 0.3) is 6.08 Å². The van der Waals surface area contributed by atoms with Crippen molar-refractivity contribution in [1.29, 1.82) is 0 Å². The third kappa shape index (κ3) is 4.24. The first-order valence-electron chi connectivity index (χ1n) is 7.83. The lowest BCUT2D eigenvalue weighted by molar-refractivity contribution is -0.121. The highest BCUT2D eigenvalue weighted by Crippen LogP contribution is 2.28. The Morgan fingerprint density at radius 1 is 1.23 bits per heavy atom. The lowest BCUT2D eigenvalue weighted by Crippen LogP contribution is -2.35. The van der Waals surface area contributed by atoms with Gasteiger partial charge in [0, 0.05) is 21.8 Å². The third-order valence-corrected chi connectivity index (χ3v) is 3.93. The van der Waals surface area contributed by atoms with Crippen LogP contribution in [0.2, 0.25) is 5.02 Å². The van der Waals surface area contributed by atoms with Gasteiger partial charge in [-0.05, 0) is 42.5 Å². The molecule has 2 N–H and O–H groups in total. The van der Waals surface area contributed by atoms with Crippen LogP contribution in [0.3, 0.4) is 0 Å². The Hall–Kier alpha value is -3.23. The van der Waals surface area contributed by atoms with Crippen LogP contribution in [0, 0.1) is 12.3 Å². The number of hydrogen-bond donors (Lipinski definition) is 2. The van der Waals surface area contributed by atoms with Crippen molar-refractivity contribution < 1.29 is 14.3 Å². The van der Waals surface area contributed by atoms with Gasteiger partial charge in [0.15, 0.2) is 0 Å². The van der Waals surface area contributed by atoms with E-state index in [4.69, 9.17) is 22.8 Å². The largest absolute Gasteiger partial charge is 0.488 e. The lowest BCUT2D eigenvalue weighted by atomic mass is 10.1. The molecule has 0 fully saturated rings. The predicted octanol–water partition coefficient (Wildman–Crippen LogP) is 2.85. The molecule has 6 heteroatoms. The molecular formula is C20H15ClN2O3. The number of fused-ring (bicyclic) bond motifs is 1. The number of nitrogens with one attached hydrogen (secondary N) is 2. The zero-order valence-corrected chi connectivity index (χ0v) is 14.5. The van der Waals surface area contributed by atoms with Crippen molar-refractivity contribution in [2.75, 3.05) is 18.5 Å². The first-order valence-corrected chi connectivity index (χ1v) is 8.20. The number of hydrogen-bond acceptors (Lipinski definition) is 3. The minimum atomic E-state index is -0.372. The fraction of sp³-hybridized carbons (Fsp3) is 0.100. The van der Waals surface area contributed by atoms with Crippen LogP contribution in [0.4, 0.5) is 5.69 Å². The quantitative estimate of drug-likeness (QED) is 0.818. The second kappa shape index (κ2) is 7.77. The van der Waals surface area contributed by atoms with Gasteiger partial charge >= 0.3 is 0 Å². The van der Waals surface area contributed by atoms with Gasteiger partial charge in [0.2, 0.25) is 5.91 Å². The first kappa shape index (κ1) is 17.6. The molecule has 0 radical (unpaired) electrons. The Morgan fingerprint density at radius 3 is 2.88 bits per heavy atom. The van der Waals surface area contributed by atoms with Gasteiger partial charge in [0.25, 0.3) is 5.91 Å². The molecule has 0 saturated heterocycles. The summed E-state index contributed by atoms with van der Waals surface area (Å²) < 4.78 is 5.53. The molecule has 1 aliphatic heterocycles. The van der Waals surface area contributed by atoms with Crippen molar-refractivity contribution >= 4 is 35.2 Å². The van der Waals surface area contributed by atoms with Crippen LogP contribution in [0.1, 0.15) is 11.1 Å². The molecule has 0 bridgehead atoms. The Morgan fingerprint density at radius 2 is 2.08 bits per heavy atom. The Kier molecular flexibility index (Phi) is 5.26. The molecular weight excluding hydrogens is 352 g/mol. The molecule has 1 aliphatic rings. The van der Waals surface area contributed by atoms with Crippen LogP contribution in [-0.4, -0.2) is 25.0 Å². The first-order chi connectivity index (χ1) is 12.5. The molecule has 2 aromatic carbocycles. The highest BCUT2D eigenvalue weighted by atomic mass is 35.5. The Labute approximate surface area is 156 Å². The molecule has 0 spiro atoms. The molecule has 5 nitrogen and oxygen atoms in total. The van der Waals surface area contributed by atoms with Gasteiger partial charge in [-0.2, -0.15) is 0 Å². The van der Waals surface area contributed by atoms with Crippen molar-refractivity contribution in [2.45, 2.75) is 0 Å². The van der Waals surface area contributed by atoms with Gasteiger partial charge in [0.1, 0.15) is 12.4 Å². The van der Waals surface area contributed by atoms with Crippen LogP contribution in [0.5, 0.6) is 5.75 Å². The molecule has 0 atom stereocenters. The van der Waals surface area contributed by atoms with Gasteiger partial charge in [-0.3, -0.25) is 9.59 Å². The van der Waals surface area contributed by atoms with Gasteiger partial charge in [-0.15, -0.1) is 6.42 Å². The summed E-state index contributed by atoms with van der Waals surface area (Å²) in [6.07, 6.45) is 7.03. The summed E-state index contributed by atoms with van der Waals surface area (Å²) in [5.74, 6) is 2.43. The Balaban J connectivity index is 1.58. The molecule has 0 saturated carbocycles. The van der Waals surface area contributed by atoms with Gasteiger partial charge in [0.05, 0.1) is 12.1 Å². The molecule has 0 aliphatic carbocycles. The van der Waals surface area contributed by atoms with E-state index in [0.717, 1.165) is 5.56 Å². The summed E-state index contributed by atoms with van der Waals surface area (Å²) in [7, 11) is 0. The van der Waals surface area contributed by atoms with E-state index in [1.54, 1.807) is 48.5 Å². The van der Waals surface area contributed by atoms with Gasteiger partial charge in [-0.25, -0.2) is 0 Å². The standard InChI is InChI=1S/C20H15ClN2O3/c1-2-13-4-3-5-17(8-13)23-19(24)11-22-20(25)15-9-14-10-16(21)6-7-18(14)26-12-15/h1,3-10H,11-12H2,(H,22,25)(H,23,24). The van der Waals surface area contributed by atoms with E-state index in [0.29, 0.717) is 27.6 Å². The monoisotopic (exact) mass is 366 g/mol. The number of terminal acetylenes is 1. The minimum Gasteiger partial charge on any atom is -0.488 e. The number of carbonyl (C=O) groups excluding carboxylic acids is 2. The zero-order valence-electron chi connectivity index (χ0n) is 13.7. The summed E-state index contributed by atoms with van der Waals surface area (Å²) in [5.41, 5.74) is 2.38. The summed E-state index contributed by atoms with van der Waals surface area (Å²) in [6.45, 7) is -0.0366. The molecule has 0 unspecified atom stereocenters. The molecule has 3 rings (SSSR count). The topological polar surface area (TPSA) is 67.4 Å². The molecule has 130 valence electrons. The Bertz CT molecular complexity index is 944. The number of amides is 2. The van der Waals surface area contributed by atoms with Crippen molar-refractivity contribution in [3.63, 3.8) is 0 Å². The van der Waals surface area contributed by atoms with Crippen LogP contribution in [-0.2, 0) is 9.59 Å². The molecule has 0 aromatic heterocycles. The number of benzene rings is 2. The maximum absolute atomic E-state index is 12.3. The number of rotatable bonds is 4. The minimum absolute atomic E-state index is 0.131. The van der Waals surface area contributed by atoms with Crippen LogP contribution in [0.15, 0.2) is 48.0 Å². The number of carbonyl (C=O) groups is 2. The maximum Gasteiger partial charge on any atom is 0.251 e. The fourth-order valence-corrected chi connectivity index (χ4v) is 2.63.